The van der Waals surface area contributed by atoms with Crippen molar-refractivity contribution in [2.75, 3.05) is 5.75 Å². The zero-order valence-corrected chi connectivity index (χ0v) is 9.83. The Balaban J connectivity index is 2.18. The summed E-state index contributed by atoms with van der Waals surface area (Å²) >= 11 is 1.58. The van der Waals surface area contributed by atoms with Crippen LogP contribution in [0.4, 0.5) is 0 Å². The van der Waals surface area contributed by atoms with Gasteiger partial charge in [0.2, 0.25) is 0 Å². The van der Waals surface area contributed by atoms with Crippen molar-refractivity contribution in [3.63, 3.8) is 0 Å². The van der Waals surface area contributed by atoms with Gasteiger partial charge < -0.3 is 9.67 Å². The number of benzene rings is 1. The van der Waals surface area contributed by atoms with E-state index in [4.69, 9.17) is 5.11 Å². The number of fused-ring (bicyclic) bond motifs is 1. The first-order chi connectivity index (χ1) is 7.68. The number of rotatable bonds is 4. The zero-order valence-electron chi connectivity index (χ0n) is 9.01. The molecule has 1 N–H and O–H groups in total. The van der Waals surface area contributed by atoms with Crippen LogP contribution in [0.5, 0.6) is 0 Å². The van der Waals surface area contributed by atoms with Crippen molar-refractivity contribution in [3.05, 3.63) is 30.3 Å². The van der Waals surface area contributed by atoms with Gasteiger partial charge in [-0.25, -0.2) is 0 Å². The van der Waals surface area contributed by atoms with Gasteiger partial charge in [0, 0.05) is 23.7 Å². The molecule has 0 aliphatic rings. The smallest absolute Gasteiger partial charge is 0.304 e. The SMILES string of the molecule is Cn1c(SCCC(=O)O)cc2ccccc21. The van der Waals surface area contributed by atoms with Crippen molar-refractivity contribution in [3.8, 4) is 0 Å². The molecule has 2 aromatic rings. The molecule has 1 aromatic carbocycles. The number of carbonyl (C=O) groups is 1. The first-order valence-corrected chi connectivity index (χ1v) is 6.06. The van der Waals surface area contributed by atoms with Crippen LogP contribution in [0.2, 0.25) is 0 Å². The molecule has 0 atom stereocenters. The normalized spacial score (nSPS) is 10.8. The molecule has 0 aliphatic heterocycles. The maximum Gasteiger partial charge on any atom is 0.304 e. The van der Waals surface area contributed by atoms with E-state index in [1.807, 2.05) is 19.2 Å². The summed E-state index contributed by atoms with van der Waals surface area (Å²) in [7, 11) is 2.01. The second-order valence-electron chi connectivity index (χ2n) is 3.59. The summed E-state index contributed by atoms with van der Waals surface area (Å²) in [5.41, 5.74) is 1.18. The van der Waals surface area contributed by atoms with Crippen molar-refractivity contribution in [1.82, 2.24) is 4.57 Å². The van der Waals surface area contributed by atoms with Crippen LogP contribution < -0.4 is 0 Å². The van der Waals surface area contributed by atoms with E-state index < -0.39 is 5.97 Å². The van der Waals surface area contributed by atoms with Gasteiger partial charge in [-0.1, -0.05) is 18.2 Å². The summed E-state index contributed by atoms with van der Waals surface area (Å²) in [6, 6.07) is 10.2. The highest BCUT2D eigenvalue weighted by molar-refractivity contribution is 7.99. The van der Waals surface area contributed by atoms with Gasteiger partial charge in [-0.3, -0.25) is 4.79 Å². The molecular weight excluding hydrogens is 222 g/mol. The summed E-state index contributed by atoms with van der Waals surface area (Å²) in [6.45, 7) is 0. The van der Waals surface area contributed by atoms with Gasteiger partial charge in [-0.05, 0) is 12.1 Å². The van der Waals surface area contributed by atoms with E-state index in [9.17, 15) is 4.79 Å². The Bertz CT molecular complexity index is 519. The topological polar surface area (TPSA) is 42.2 Å². The molecule has 1 heterocycles. The quantitative estimate of drug-likeness (QED) is 0.828. The lowest BCUT2D eigenvalue weighted by molar-refractivity contribution is -0.136. The summed E-state index contributed by atoms with van der Waals surface area (Å²) < 4.78 is 2.10. The Kier molecular flexibility index (Phi) is 3.19. The Labute approximate surface area is 98.1 Å². The molecule has 2 rings (SSSR count). The standard InChI is InChI=1S/C12H13NO2S/c1-13-10-5-3-2-4-9(10)8-11(13)16-7-6-12(14)15/h2-5,8H,6-7H2,1H3,(H,14,15). The average Bonchev–Trinajstić information content (AvgIpc) is 2.56. The molecule has 3 nitrogen and oxygen atoms in total. The van der Waals surface area contributed by atoms with E-state index in [1.165, 1.54) is 10.9 Å². The fraction of sp³-hybridized carbons (Fsp3) is 0.250. The third-order valence-corrected chi connectivity index (χ3v) is 3.57. The molecule has 84 valence electrons. The number of nitrogens with zero attached hydrogens (tertiary/aromatic N) is 1. The lowest BCUT2D eigenvalue weighted by atomic mass is 10.2. The molecule has 1 aromatic heterocycles. The molecule has 0 amide bonds. The maximum absolute atomic E-state index is 10.4. The van der Waals surface area contributed by atoms with Crippen LogP contribution in [0.25, 0.3) is 10.9 Å². The van der Waals surface area contributed by atoms with Gasteiger partial charge in [0.05, 0.1) is 11.4 Å². The molecule has 0 unspecified atom stereocenters. The summed E-state index contributed by atoms with van der Waals surface area (Å²) in [6.07, 6.45) is 0.201. The van der Waals surface area contributed by atoms with Gasteiger partial charge in [-0.15, -0.1) is 11.8 Å². The molecule has 0 aliphatic carbocycles. The summed E-state index contributed by atoms with van der Waals surface area (Å²) in [5, 5.41) is 10.9. The van der Waals surface area contributed by atoms with Gasteiger partial charge in [0.1, 0.15) is 0 Å². The van der Waals surface area contributed by atoms with Crippen molar-refractivity contribution in [2.24, 2.45) is 7.05 Å². The third-order valence-electron chi connectivity index (χ3n) is 2.47. The van der Waals surface area contributed by atoms with E-state index in [2.05, 4.69) is 22.8 Å². The van der Waals surface area contributed by atoms with Gasteiger partial charge in [-0.2, -0.15) is 0 Å². The highest BCUT2D eigenvalue weighted by Crippen LogP contribution is 2.26. The molecule has 0 spiro atoms. The first kappa shape index (κ1) is 11.1. The predicted octanol–water partition coefficient (Wildman–Crippen LogP) is 2.75. The number of thioether (sulfide) groups is 1. The number of aliphatic carboxylic acids is 1. The number of hydrogen-bond acceptors (Lipinski definition) is 2. The molecular formula is C12H13NO2S. The second-order valence-corrected chi connectivity index (χ2v) is 4.71. The predicted molar refractivity (Wildman–Crippen MR) is 65.9 cm³/mol. The first-order valence-electron chi connectivity index (χ1n) is 5.07. The molecule has 4 heteroatoms. The second kappa shape index (κ2) is 4.61. The van der Waals surface area contributed by atoms with Gasteiger partial charge in [0.25, 0.3) is 0 Å². The third kappa shape index (κ3) is 2.22. The van der Waals surface area contributed by atoms with E-state index >= 15 is 0 Å². The zero-order chi connectivity index (χ0) is 11.5. The highest BCUT2D eigenvalue weighted by atomic mass is 32.2. The Morgan fingerprint density at radius 1 is 1.44 bits per heavy atom. The van der Waals surface area contributed by atoms with Crippen molar-refractivity contribution in [1.29, 1.82) is 0 Å². The molecule has 0 saturated carbocycles. The van der Waals surface area contributed by atoms with E-state index in [-0.39, 0.29) is 6.42 Å². The maximum atomic E-state index is 10.4. The van der Waals surface area contributed by atoms with Crippen LogP contribution in [-0.2, 0) is 11.8 Å². The molecule has 0 radical (unpaired) electrons. The summed E-state index contributed by atoms with van der Waals surface area (Å²) in [5.74, 6) is -0.134. The molecule has 0 fully saturated rings. The van der Waals surface area contributed by atoms with Crippen LogP contribution in [0, 0.1) is 0 Å². The molecule has 0 saturated heterocycles. The highest BCUT2D eigenvalue weighted by Gasteiger charge is 2.06. The number of aryl methyl sites for hydroxylation is 1. The minimum absolute atomic E-state index is 0.201. The number of carboxylic acid groups (broad SMARTS) is 1. The lowest BCUT2D eigenvalue weighted by Crippen LogP contribution is -1.97. The monoisotopic (exact) mass is 235 g/mol. The van der Waals surface area contributed by atoms with Crippen LogP contribution in [0.1, 0.15) is 6.42 Å². The lowest BCUT2D eigenvalue weighted by Gasteiger charge is -2.02. The Morgan fingerprint density at radius 2 is 2.19 bits per heavy atom. The summed E-state index contributed by atoms with van der Waals surface area (Å²) in [4.78, 5) is 10.4. The van der Waals surface area contributed by atoms with E-state index in [0.29, 0.717) is 5.75 Å². The average molecular weight is 235 g/mol. The van der Waals surface area contributed by atoms with Crippen LogP contribution in [0.3, 0.4) is 0 Å². The van der Waals surface area contributed by atoms with Crippen LogP contribution >= 0.6 is 11.8 Å². The number of hydrogen-bond donors (Lipinski definition) is 1. The van der Waals surface area contributed by atoms with Crippen molar-refractivity contribution >= 4 is 28.6 Å². The fourth-order valence-electron chi connectivity index (χ4n) is 1.65. The largest absolute Gasteiger partial charge is 0.481 e. The van der Waals surface area contributed by atoms with E-state index in [1.54, 1.807) is 11.8 Å². The number of carboxylic acids is 1. The van der Waals surface area contributed by atoms with Crippen molar-refractivity contribution < 1.29 is 9.90 Å². The minimum atomic E-state index is -0.744. The number of para-hydroxylation sites is 1. The van der Waals surface area contributed by atoms with E-state index in [0.717, 1.165) is 5.03 Å². The molecule has 16 heavy (non-hydrogen) atoms. The van der Waals surface area contributed by atoms with Crippen molar-refractivity contribution in [2.45, 2.75) is 11.4 Å². The fourth-order valence-corrected chi connectivity index (χ4v) is 2.63. The number of aromatic nitrogens is 1. The van der Waals surface area contributed by atoms with Crippen LogP contribution in [-0.4, -0.2) is 21.4 Å². The van der Waals surface area contributed by atoms with Gasteiger partial charge in [0.15, 0.2) is 0 Å². The van der Waals surface area contributed by atoms with Crippen LogP contribution in [0.15, 0.2) is 35.4 Å². The molecule has 0 bridgehead atoms. The Hall–Kier alpha value is -1.42. The van der Waals surface area contributed by atoms with Gasteiger partial charge >= 0.3 is 5.97 Å². The Morgan fingerprint density at radius 3 is 2.88 bits per heavy atom. The minimum Gasteiger partial charge on any atom is -0.481 e.